The highest BCUT2D eigenvalue weighted by atomic mass is 35.5. The summed E-state index contributed by atoms with van der Waals surface area (Å²) in [4.78, 5) is 0. The minimum Gasteiger partial charge on any atom is -0.390 e. The molecule has 1 heterocycles. The summed E-state index contributed by atoms with van der Waals surface area (Å²) in [5.74, 6) is 0. The highest BCUT2D eigenvalue weighted by Gasteiger charge is 2.22. The van der Waals surface area contributed by atoms with E-state index in [0.717, 1.165) is 30.7 Å². The molecule has 0 aliphatic heterocycles. The number of aliphatic hydroxyl groups excluding tert-OH is 1. The Bertz CT molecular complexity index is 379. The number of aromatic nitrogens is 2. The van der Waals surface area contributed by atoms with Crippen molar-refractivity contribution in [3.05, 3.63) is 16.4 Å². The van der Waals surface area contributed by atoms with Crippen molar-refractivity contribution in [1.29, 1.82) is 0 Å². The van der Waals surface area contributed by atoms with Crippen LogP contribution in [0.4, 0.5) is 0 Å². The van der Waals surface area contributed by atoms with Crippen LogP contribution in [0.15, 0.2) is 0 Å². The van der Waals surface area contributed by atoms with Gasteiger partial charge in [0.1, 0.15) is 0 Å². The maximum Gasteiger partial charge on any atom is 0.0857 e. The molecule has 0 saturated carbocycles. The van der Waals surface area contributed by atoms with E-state index in [1.165, 1.54) is 0 Å². The topological polar surface area (TPSA) is 47.3 Å². The lowest BCUT2D eigenvalue weighted by Gasteiger charge is -2.21. The Morgan fingerprint density at radius 1 is 1.44 bits per heavy atom. The van der Waals surface area contributed by atoms with Gasteiger partial charge in [-0.2, -0.15) is 5.10 Å². The molecule has 0 radical (unpaired) electrons. The molecule has 0 bridgehead atoms. The van der Waals surface area contributed by atoms with Crippen LogP contribution < -0.4 is 0 Å². The summed E-state index contributed by atoms with van der Waals surface area (Å²) in [6.07, 6.45) is 2.40. The normalized spacial score (nSPS) is 14.8. The zero-order valence-electron chi connectivity index (χ0n) is 11.6. The van der Waals surface area contributed by atoms with Gasteiger partial charge in [-0.15, -0.1) is 0 Å². The number of aryl methyl sites for hydroxylation is 2. The van der Waals surface area contributed by atoms with E-state index in [0.29, 0.717) is 11.4 Å². The molecule has 0 aliphatic rings. The van der Waals surface area contributed by atoms with Gasteiger partial charge >= 0.3 is 0 Å². The third-order valence-corrected chi connectivity index (χ3v) is 3.65. The predicted octanol–water partition coefficient (Wildman–Crippen LogP) is 2.35. The molecule has 104 valence electrons. The number of ether oxygens (including phenoxy) is 1. The van der Waals surface area contributed by atoms with Crippen LogP contribution in [0.1, 0.15) is 38.1 Å². The zero-order valence-corrected chi connectivity index (χ0v) is 12.4. The van der Waals surface area contributed by atoms with E-state index in [4.69, 9.17) is 16.3 Å². The van der Waals surface area contributed by atoms with Crippen LogP contribution in [0, 0.1) is 0 Å². The largest absolute Gasteiger partial charge is 0.390 e. The standard InChI is InChI=1S/C13H23ClN2O2/c1-5-7-12(18-4)11(17)8-10-13(14)9(6-2)15-16(10)3/h11-12,17H,5-8H2,1-4H3. The summed E-state index contributed by atoms with van der Waals surface area (Å²) in [5, 5.41) is 15.2. The minimum absolute atomic E-state index is 0.147. The fourth-order valence-electron chi connectivity index (χ4n) is 2.12. The van der Waals surface area contributed by atoms with Gasteiger partial charge in [-0.3, -0.25) is 4.68 Å². The predicted molar refractivity (Wildman–Crippen MR) is 73.0 cm³/mol. The summed E-state index contributed by atoms with van der Waals surface area (Å²) in [5.41, 5.74) is 1.75. The molecule has 0 spiro atoms. The van der Waals surface area contributed by atoms with Gasteiger partial charge in [0.15, 0.2) is 0 Å². The molecule has 0 aliphatic carbocycles. The average molecular weight is 275 g/mol. The van der Waals surface area contributed by atoms with Gasteiger partial charge in [0, 0.05) is 20.6 Å². The van der Waals surface area contributed by atoms with E-state index in [2.05, 4.69) is 12.0 Å². The number of aliphatic hydroxyl groups is 1. The number of hydrogen-bond acceptors (Lipinski definition) is 3. The quantitative estimate of drug-likeness (QED) is 0.830. The summed E-state index contributed by atoms with van der Waals surface area (Å²) in [6.45, 7) is 4.09. The number of methoxy groups -OCH3 is 1. The van der Waals surface area contributed by atoms with E-state index in [-0.39, 0.29) is 6.10 Å². The second kappa shape index (κ2) is 7.12. The number of halogens is 1. The molecule has 2 unspecified atom stereocenters. The summed E-state index contributed by atoms with van der Waals surface area (Å²) >= 11 is 6.26. The van der Waals surface area contributed by atoms with Gasteiger partial charge in [-0.05, 0) is 12.8 Å². The fourth-order valence-corrected chi connectivity index (χ4v) is 2.49. The first-order chi connectivity index (χ1) is 8.54. The first kappa shape index (κ1) is 15.5. The van der Waals surface area contributed by atoms with E-state index in [9.17, 15) is 5.11 Å². The van der Waals surface area contributed by atoms with E-state index in [1.807, 2.05) is 14.0 Å². The third kappa shape index (κ3) is 3.46. The van der Waals surface area contributed by atoms with Gasteiger partial charge < -0.3 is 9.84 Å². The molecule has 1 aromatic rings. The van der Waals surface area contributed by atoms with Gasteiger partial charge in [0.2, 0.25) is 0 Å². The molecule has 5 heteroatoms. The van der Waals surface area contributed by atoms with Crippen molar-refractivity contribution in [2.75, 3.05) is 7.11 Å². The van der Waals surface area contributed by atoms with Crippen LogP contribution in [0.25, 0.3) is 0 Å². The van der Waals surface area contributed by atoms with Gasteiger partial charge in [0.25, 0.3) is 0 Å². The lowest BCUT2D eigenvalue weighted by Crippen LogP contribution is -2.30. The van der Waals surface area contributed by atoms with Crippen molar-refractivity contribution in [1.82, 2.24) is 9.78 Å². The van der Waals surface area contributed by atoms with E-state index < -0.39 is 6.10 Å². The first-order valence-electron chi connectivity index (χ1n) is 6.46. The molecule has 4 nitrogen and oxygen atoms in total. The van der Waals surface area contributed by atoms with Crippen molar-refractivity contribution in [3.63, 3.8) is 0 Å². The van der Waals surface area contributed by atoms with Crippen LogP contribution in [-0.2, 0) is 24.6 Å². The fraction of sp³-hybridized carbons (Fsp3) is 0.769. The Kier molecular flexibility index (Phi) is 6.12. The molecular weight excluding hydrogens is 252 g/mol. The van der Waals surface area contributed by atoms with Crippen LogP contribution in [-0.4, -0.2) is 34.2 Å². The SMILES string of the molecule is CCCC(OC)C(O)Cc1c(Cl)c(CC)nn1C. The maximum absolute atomic E-state index is 10.2. The molecule has 1 N–H and O–H groups in total. The lowest BCUT2D eigenvalue weighted by molar-refractivity contribution is -0.0166. The zero-order chi connectivity index (χ0) is 13.7. The van der Waals surface area contributed by atoms with Crippen LogP contribution >= 0.6 is 11.6 Å². The van der Waals surface area contributed by atoms with E-state index >= 15 is 0 Å². The molecule has 2 atom stereocenters. The Balaban J connectivity index is 2.80. The Morgan fingerprint density at radius 3 is 2.56 bits per heavy atom. The van der Waals surface area contributed by atoms with Crippen molar-refractivity contribution < 1.29 is 9.84 Å². The van der Waals surface area contributed by atoms with Crippen molar-refractivity contribution in [2.45, 2.75) is 51.7 Å². The van der Waals surface area contributed by atoms with E-state index in [1.54, 1.807) is 11.8 Å². The average Bonchev–Trinajstić information content (AvgIpc) is 2.63. The van der Waals surface area contributed by atoms with Gasteiger partial charge in [0.05, 0.1) is 28.6 Å². The van der Waals surface area contributed by atoms with Crippen LogP contribution in [0.3, 0.4) is 0 Å². The van der Waals surface area contributed by atoms with Crippen molar-refractivity contribution in [2.24, 2.45) is 7.05 Å². The number of nitrogens with zero attached hydrogens (tertiary/aromatic N) is 2. The number of hydrogen-bond donors (Lipinski definition) is 1. The maximum atomic E-state index is 10.2. The van der Waals surface area contributed by atoms with Crippen LogP contribution in [0.5, 0.6) is 0 Å². The molecule has 0 fully saturated rings. The summed E-state index contributed by atoms with van der Waals surface area (Å²) in [7, 11) is 3.49. The van der Waals surface area contributed by atoms with Gasteiger partial charge in [-0.25, -0.2) is 0 Å². The Hall–Kier alpha value is -0.580. The summed E-state index contributed by atoms with van der Waals surface area (Å²) < 4.78 is 7.07. The Morgan fingerprint density at radius 2 is 2.11 bits per heavy atom. The molecular formula is C13H23ClN2O2. The summed E-state index contributed by atoms with van der Waals surface area (Å²) in [6, 6.07) is 0. The molecule has 0 aromatic carbocycles. The second-order valence-electron chi connectivity index (χ2n) is 4.52. The molecule has 0 saturated heterocycles. The molecule has 0 amide bonds. The monoisotopic (exact) mass is 274 g/mol. The van der Waals surface area contributed by atoms with Crippen molar-refractivity contribution >= 4 is 11.6 Å². The van der Waals surface area contributed by atoms with Crippen LogP contribution in [0.2, 0.25) is 5.02 Å². The lowest BCUT2D eigenvalue weighted by atomic mass is 10.0. The smallest absolute Gasteiger partial charge is 0.0857 e. The highest BCUT2D eigenvalue weighted by molar-refractivity contribution is 6.31. The molecule has 1 aromatic heterocycles. The Labute approximate surface area is 114 Å². The van der Waals surface area contributed by atoms with Gasteiger partial charge in [-0.1, -0.05) is 31.9 Å². The molecule has 18 heavy (non-hydrogen) atoms. The second-order valence-corrected chi connectivity index (χ2v) is 4.90. The minimum atomic E-state index is -0.549. The van der Waals surface area contributed by atoms with Crippen molar-refractivity contribution in [3.8, 4) is 0 Å². The molecule has 1 rings (SSSR count). The third-order valence-electron chi connectivity index (χ3n) is 3.21. The number of rotatable bonds is 7. The first-order valence-corrected chi connectivity index (χ1v) is 6.83. The highest BCUT2D eigenvalue weighted by Crippen LogP contribution is 2.23.